The molecule has 0 spiro atoms. The van der Waals surface area contributed by atoms with Crippen LogP contribution >= 0.6 is 11.6 Å². The zero-order valence-corrected chi connectivity index (χ0v) is 16.0. The number of pyridine rings is 1. The lowest BCUT2D eigenvalue weighted by molar-refractivity contribution is 0.0868. The first-order chi connectivity index (χ1) is 13.6. The summed E-state index contributed by atoms with van der Waals surface area (Å²) in [5, 5.41) is 13.9. The first-order valence-corrected chi connectivity index (χ1v) is 9.63. The van der Waals surface area contributed by atoms with Crippen LogP contribution in [0.3, 0.4) is 0 Å². The number of benzene rings is 1. The van der Waals surface area contributed by atoms with Crippen LogP contribution in [-0.2, 0) is 6.54 Å². The third-order valence-corrected chi connectivity index (χ3v) is 5.36. The van der Waals surface area contributed by atoms with Crippen LogP contribution in [0.4, 0.5) is 0 Å². The van der Waals surface area contributed by atoms with Crippen LogP contribution in [0.5, 0.6) is 0 Å². The van der Waals surface area contributed by atoms with Crippen molar-refractivity contribution < 1.29 is 9.90 Å². The predicted molar refractivity (Wildman–Crippen MR) is 107 cm³/mol. The summed E-state index contributed by atoms with van der Waals surface area (Å²) in [6.45, 7) is 0.788. The standard InChI is InChI=1S/C21H21ClN4O2/c22-17-3-1-2-15(10-17)16-4-5-18(24-11-16)21(28)25-19-8-14(9-20(19)27)12-26-7-6-23-13-26/h1-7,10-11,13-14,19-20,27H,8-9,12H2,(H,25,28)/t14?,19-,20-/m1/s1. The highest BCUT2D eigenvalue weighted by Crippen LogP contribution is 2.28. The van der Waals surface area contributed by atoms with Gasteiger partial charge in [-0.25, -0.2) is 4.98 Å². The van der Waals surface area contributed by atoms with Crippen molar-refractivity contribution in [2.45, 2.75) is 31.5 Å². The summed E-state index contributed by atoms with van der Waals surface area (Å²) in [5.74, 6) is 0.0256. The molecule has 0 radical (unpaired) electrons. The highest BCUT2D eigenvalue weighted by atomic mass is 35.5. The Morgan fingerprint density at radius 1 is 1.25 bits per heavy atom. The van der Waals surface area contributed by atoms with Crippen LogP contribution in [0.15, 0.2) is 61.3 Å². The maximum atomic E-state index is 12.6. The summed E-state index contributed by atoms with van der Waals surface area (Å²) >= 11 is 6.03. The van der Waals surface area contributed by atoms with E-state index in [1.54, 1.807) is 24.8 Å². The molecule has 0 aliphatic heterocycles. The van der Waals surface area contributed by atoms with Crippen molar-refractivity contribution in [2.75, 3.05) is 0 Å². The maximum Gasteiger partial charge on any atom is 0.270 e. The molecule has 7 heteroatoms. The molecule has 144 valence electrons. The van der Waals surface area contributed by atoms with Crippen molar-refractivity contribution >= 4 is 17.5 Å². The van der Waals surface area contributed by atoms with Crippen molar-refractivity contribution in [1.82, 2.24) is 19.9 Å². The number of aliphatic hydroxyl groups excluding tert-OH is 1. The number of amides is 1. The number of halogens is 1. The molecule has 0 saturated heterocycles. The van der Waals surface area contributed by atoms with Crippen LogP contribution in [0, 0.1) is 5.92 Å². The topological polar surface area (TPSA) is 80.0 Å². The summed E-state index contributed by atoms with van der Waals surface area (Å²) in [5.41, 5.74) is 2.16. The number of aromatic nitrogens is 3. The molecule has 3 atom stereocenters. The summed E-state index contributed by atoms with van der Waals surface area (Å²) in [6, 6.07) is 10.8. The van der Waals surface area contributed by atoms with Gasteiger partial charge in [-0.1, -0.05) is 29.8 Å². The number of rotatable bonds is 5. The number of aliphatic hydroxyl groups is 1. The van der Waals surface area contributed by atoms with Gasteiger partial charge in [-0.3, -0.25) is 9.78 Å². The van der Waals surface area contributed by atoms with Gasteiger partial charge in [0, 0.05) is 35.7 Å². The predicted octanol–water partition coefficient (Wildman–Crippen LogP) is 3.17. The van der Waals surface area contributed by atoms with Crippen molar-refractivity contribution in [1.29, 1.82) is 0 Å². The van der Waals surface area contributed by atoms with Gasteiger partial charge in [-0.2, -0.15) is 0 Å². The average molecular weight is 397 g/mol. The van der Waals surface area contributed by atoms with Crippen molar-refractivity contribution in [3.05, 3.63) is 72.0 Å². The Morgan fingerprint density at radius 3 is 2.86 bits per heavy atom. The van der Waals surface area contributed by atoms with Gasteiger partial charge in [0.25, 0.3) is 5.91 Å². The Hall–Kier alpha value is -2.70. The van der Waals surface area contributed by atoms with Crippen LogP contribution in [0.25, 0.3) is 11.1 Å². The molecule has 1 aromatic carbocycles. The molecule has 1 saturated carbocycles. The van der Waals surface area contributed by atoms with E-state index < -0.39 is 6.10 Å². The SMILES string of the molecule is O=C(N[C@@H]1CC(Cn2ccnc2)C[C@H]1O)c1ccc(-c2cccc(Cl)c2)cn1. The smallest absolute Gasteiger partial charge is 0.270 e. The van der Waals surface area contributed by atoms with E-state index in [9.17, 15) is 9.90 Å². The summed E-state index contributed by atoms with van der Waals surface area (Å²) < 4.78 is 2.00. The molecule has 2 N–H and O–H groups in total. The average Bonchev–Trinajstić information content (AvgIpc) is 3.32. The highest BCUT2D eigenvalue weighted by molar-refractivity contribution is 6.30. The van der Waals surface area contributed by atoms with Gasteiger partial charge in [0.05, 0.1) is 18.5 Å². The molecule has 1 unspecified atom stereocenters. The summed E-state index contributed by atoms with van der Waals surface area (Å²) in [6.07, 6.45) is 7.91. The van der Waals surface area contributed by atoms with E-state index >= 15 is 0 Å². The van der Waals surface area contributed by atoms with Gasteiger partial charge in [-0.05, 0) is 42.5 Å². The molecule has 1 amide bonds. The van der Waals surface area contributed by atoms with Gasteiger partial charge in [-0.15, -0.1) is 0 Å². The highest BCUT2D eigenvalue weighted by Gasteiger charge is 2.34. The van der Waals surface area contributed by atoms with Gasteiger partial charge >= 0.3 is 0 Å². The van der Waals surface area contributed by atoms with Gasteiger partial charge < -0.3 is 15.0 Å². The van der Waals surface area contributed by atoms with Gasteiger partial charge in [0.1, 0.15) is 5.69 Å². The molecule has 4 rings (SSSR count). The number of carbonyl (C=O) groups excluding carboxylic acids is 1. The van der Waals surface area contributed by atoms with Gasteiger partial charge in [0.15, 0.2) is 0 Å². The Balaban J connectivity index is 1.38. The number of carbonyl (C=O) groups is 1. The molecule has 1 fully saturated rings. The van der Waals surface area contributed by atoms with Crippen molar-refractivity contribution in [3.8, 4) is 11.1 Å². The second-order valence-corrected chi connectivity index (χ2v) is 7.62. The fourth-order valence-electron chi connectivity index (χ4n) is 3.72. The first-order valence-electron chi connectivity index (χ1n) is 9.25. The maximum absolute atomic E-state index is 12.6. The lowest BCUT2D eigenvalue weighted by Crippen LogP contribution is -2.40. The summed E-state index contributed by atoms with van der Waals surface area (Å²) in [7, 11) is 0. The zero-order chi connectivity index (χ0) is 19.5. The van der Waals surface area contributed by atoms with E-state index in [2.05, 4.69) is 15.3 Å². The lowest BCUT2D eigenvalue weighted by Gasteiger charge is -2.16. The molecular formula is C21H21ClN4O2. The molecule has 28 heavy (non-hydrogen) atoms. The molecule has 2 heterocycles. The third-order valence-electron chi connectivity index (χ3n) is 5.13. The van der Waals surface area contributed by atoms with Gasteiger partial charge in [0.2, 0.25) is 0 Å². The third kappa shape index (κ3) is 4.24. The van der Waals surface area contributed by atoms with E-state index in [4.69, 9.17) is 11.6 Å². The minimum Gasteiger partial charge on any atom is -0.391 e. The van der Waals surface area contributed by atoms with E-state index in [0.717, 1.165) is 24.1 Å². The Bertz CT molecular complexity index is 943. The monoisotopic (exact) mass is 396 g/mol. The van der Waals surface area contributed by atoms with Crippen molar-refractivity contribution in [3.63, 3.8) is 0 Å². The zero-order valence-electron chi connectivity index (χ0n) is 15.2. The van der Waals surface area contributed by atoms with E-state index in [-0.39, 0.29) is 11.9 Å². The largest absolute Gasteiger partial charge is 0.391 e. The number of hydrogen-bond acceptors (Lipinski definition) is 4. The molecular weight excluding hydrogens is 376 g/mol. The molecule has 1 aliphatic rings. The number of imidazole rings is 1. The molecule has 0 bridgehead atoms. The van der Waals surface area contributed by atoms with Crippen LogP contribution in [0.1, 0.15) is 23.3 Å². The van der Waals surface area contributed by atoms with Crippen molar-refractivity contribution in [2.24, 2.45) is 5.92 Å². The normalized spacial score (nSPS) is 21.6. The quantitative estimate of drug-likeness (QED) is 0.694. The Labute approximate surface area is 168 Å². The molecule has 2 aromatic heterocycles. The fraction of sp³-hybridized carbons (Fsp3) is 0.286. The molecule has 3 aromatic rings. The number of hydrogen-bond donors (Lipinski definition) is 2. The second kappa shape index (κ2) is 8.12. The minimum absolute atomic E-state index is 0.268. The first kappa shape index (κ1) is 18.7. The van der Waals surface area contributed by atoms with E-state index in [0.29, 0.717) is 23.1 Å². The minimum atomic E-state index is -0.553. The fourth-order valence-corrected chi connectivity index (χ4v) is 3.91. The van der Waals surface area contributed by atoms with Crippen LogP contribution in [-0.4, -0.2) is 37.7 Å². The summed E-state index contributed by atoms with van der Waals surface area (Å²) in [4.78, 5) is 20.9. The molecule has 6 nitrogen and oxygen atoms in total. The van der Waals surface area contributed by atoms with Crippen LogP contribution in [0.2, 0.25) is 5.02 Å². The van der Waals surface area contributed by atoms with E-state index in [1.165, 1.54) is 0 Å². The lowest BCUT2D eigenvalue weighted by atomic mass is 10.1. The van der Waals surface area contributed by atoms with E-state index in [1.807, 2.05) is 41.1 Å². The second-order valence-electron chi connectivity index (χ2n) is 7.19. The Kier molecular flexibility index (Phi) is 5.41. The number of nitrogens with one attached hydrogen (secondary N) is 1. The molecule has 1 aliphatic carbocycles. The Morgan fingerprint density at radius 2 is 2.14 bits per heavy atom. The number of nitrogens with zero attached hydrogens (tertiary/aromatic N) is 3. The van der Waals surface area contributed by atoms with Crippen LogP contribution < -0.4 is 5.32 Å².